The summed E-state index contributed by atoms with van der Waals surface area (Å²) in [6, 6.07) is 0.414. The summed E-state index contributed by atoms with van der Waals surface area (Å²) in [5, 5.41) is 11.1. The fourth-order valence-electron chi connectivity index (χ4n) is 2.56. The van der Waals surface area contributed by atoms with Crippen molar-refractivity contribution in [2.24, 2.45) is 0 Å². The minimum atomic E-state index is -4.47. The number of carbonyl (C=O) groups is 1. The molecule has 0 spiro atoms. The van der Waals surface area contributed by atoms with Crippen molar-refractivity contribution in [1.29, 1.82) is 0 Å². The molecule has 1 atom stereocenters. The van der Waals surface area contributed by atoms with Crippen LogP contribution in [0.1, 0.15) is 12.0 Å². The number of halogens is 3. The van der Waals surface area contributed by atoms with Gasteiger partial charge in [-0.15, -0.1) is 0 Å². The highest BCUT2D eigenvalue weighted by Gasteiger charge is 2.42. The van der Waals surface area contributed by atoms with Gasteiger partial charge >= 0.3 is 11.9 Å². The second kappa shape index (κ2) is 6.01. The van der Waals surface area contributed by atoms with Crippen molar-refractivity contribution in [2.75, 3.05) is 25.0 Å². The molecule has 126 valence electrons. The zero-order chi connectivity index (χ0) is 17.4. The van der Waals surface area contributed by atoms with E-state index in [1.807, 2.05) is 0 Å². The highest BCUT2D eigenvalue weighted by Crippen LogP contribution is 2.30. The number of likely N-dealkylation sites (N-methyl/N-ethyl adjacent to an activating group) is 1. The lowest BCUT2D eigenvalue weighted by Crippen LogP contribution is -2.43. The first kappa shape index (κ1) is 17.0. The van der Waals surface area contributed by atoms with Crippen LogP contribution < -0.4 is 4.90 Å². The number of pyridine rings is 1. The lowest BCUT2D eigenvalue weighted by atomic mass is 10.2. The van der Waals surface area contributed by atoms with Gasteiger partial charge in [0.15, 0.2) is 0 Å². The molecule has 1 aromatic rings. The standard InChI is InChI=1S/C13H15F3N4O3/c1-8-5-10(20(22)23)11(17-6-8)18(2)9-3-4-19(12(9)21)7-13(14,15)16/h5-6,9H,3-4,7H2,1-2H3/t9-/m1/s1. The molecule has 0 bridgehead atoms. The van der Waals surface area contributed by atoms with Gasteiger partial charge in [0.1, 0.15) is 12.6 Å². The van der Waals surface area contributed by atoms with Crippen molar-refractivity contribution in [2.45, 2.75) is 25.6 Å². The number of aryl methyl sites for hydroxylation is 1. The maximum Gasteiger partial charge on any atom is 0.406 e. The molecule has 0 N–H and O–H groups in total. The molecule has 0 aromatic carbocycles. The summed E-state index contributed by atoms with van der Waals surface area (Å²) in [7, 11) is 1.42. The molecule has 10 heteroatoms. The van der Waals surface area contributed by atoms with Gasteiger partial charge in [0.05, 0.1) is 4.92 Å². The minimum absolute atomic E-state index is 0.0344. The number of hydrogen-bond acceptors (Lipinski definition) is 5. The Bertz CT molecular complexity index is 635. The Morgan fingerprint density at radius 2 is 2.17 bits per heavy atom. The van der Waals surface area contributed by atoms with Gasteiger partial charge in [0, 0.05) is 25.9 Å². The van der Waals surface area contributed by atoms with Crippen LogP contribution in [-0.2, 0) is 4.79 Å². The number of aromatic nitrogens is 1. The van der Waals surface area contributed by atoms with E-state index >= 15 is 0 Å². The monoisotopic (exact) mass is 332 g/mol. The average Bonchev–Trinajstić information content (AvgIpc) is 2.77. The van der Waals surface area contributed by atoms with E-state index in [9.17, 15) is 28.1 Å². The number of alkyl halides is 3. The normalized spacial score (nSPS) is 18.4. The van der Waals surface area contributed by atoms with Gasteiger partial charge in [0.25, 0.3) is 0 Å². The Kier molecular flexibility index (Phi) is 4.44. The van der Waals surface area contributed by atoms with Crippen LogP contribution in [0.2, 0.25) is 0 Å². The molecule has 2 rings (SSSR count). The zero-order valence-corrected chi connectivity index (χ0v) is 12.5. The van der Waals surface area contributed by atoms with E-state index in [4.69, 9.17) is 0 Å². The summed E-state index contributed by atoms with van der Waals surface area (Å²) in [6.07, 6.45) is -2.92. The first-order valence-electron chi connectivity index (χ1n) is 6.79. The van der Waals surface area contributed by atoms with Gasteiger partial charge in [-0.1, -0.05) is 0 Å². The Morgan fingerprint density at radius 1 is 1.52 bits per heavy atom. The Morgan fingerprint density at radius 3 is 2.74 bits per heavy atom. The van der Waals surface area contributed by atoms with Gasteiger partial charge in [-0.25, -0.2) is 4.98 Å². The third-order valence-corrected chi connectivity index (χ3v) is 3.62. The molecule has 1 saturated heterocycles. The Hall–Kier alpha value is -2.39. The molecule has 0 aliphatic carbocycles. The van der Waals surface area contributed by atoms with E-state index in [0.717, 1.165) is 0 Å². The number of anilines is 1. The third kappa shape index (κ3) is 3.69. The lowest BCUT2D eigenvalue weighted by molar-refractivity contribution is -0.384. The molecule has 0 unspecified atom stereocenters. The van der Waals surface area contributed by atoms with E-state index in [-0.39, 0.29) is 24.5 Å². The maximum atomic E-state index is 12.4. The van der Waals surface area contributed by atoms with Crippen LogP contribution in [0, 0.1) is 17.0 Å². The SMILES string of the molecule is Cc1cnc(N(C)[C@@H]2CCN(CC(F)(F)F)C2=O)c([N+](=O)[O-])c1. The van der Waals surface area contributed by atoms with Crippen LogP contribution >= 0.6 is 0 Å². The van der Waals surface area contributed by atoms with E-state index in [2.05, 4.69) is 4.98 Å². The molecule has 1 amide bonds. The van der Waals surface area contributed by atoms with Gasteiger partial charge in [-0.3, -0.25) is 14.9 Å². The first-order valence-corrected chi connectivity index (χ1v) is 6.79. The molecule has 1 aliphatic heterocycles. The molecule has 1 fully saturated rings. The van der Waals surface area contributed by atoms with Gasteiger partial charge in [0.2, 0.25) is 11.7 Å². The second-order valence-corrected chi connectivity index (χ2v) is 5.40. The van der Waals surface area contributed by atoms with Crippen LogP contribution in [0.5, 0.6) is 0 Å². The minimum Gasteiger partial charge on any atom is -0.342 e. The maximum absolute atomic E-state index is 12.4. The predicted octanol–water partition coefficient (Wildman–Crippen LogP) is 1.90. The lowest BCUT2D eigenvalue weighted by Gasteiger charge is -2.25. The zero-order valence-electron chi connectivity index (χ0n) is 12.5. The average molecular weight is 332 g/mol. The Balaban J connectivity index is 2.24. The van der Waals surface area contributed by atoms with Crippen molar-refractivity contribution >= 4 is 17.4 Å². The molecule has 23 heavy (non-hydrogen) atoms. The van der Waals surface area contributed by atoms with Crippen LogP contribution in [0.25, 0.3) is 0 Å². The van der Waals surface area contributed by atoms with E-state index < -0.39 is 29.6 Å². The number of carbonyl (C=O) groups excluding carboxylic acids is 1. The van der Waals surface area contributed by atoms with Crippen molar-refractivity contribution in [3.8, 4) is 0 Å². The molecule has 2 heterocycles. The molecular formula is C13H15F3N4O3. The fraction of sp³-hybridized carbons (Fsp3) is 0.538. The highest BCUT2D eigenvalue weighted by atomic mass is 19.4. The highest BCUT2D eigenvalue weighted by molar-refractivity contribution is 5.87. The number of amides is 1. The molecule has 0 saturated carbocycles. The van der Waals surface area contributed by atoms with Crippen molar-refractivity contribution in [3.05, 3.63) is 27.9 Å². The van der Waals surface area contributed by atoms with Gasteiger partial charge in [-0.05, 0) is 18.9 Å². The summed E-state index contributed by atoms with van der Waals surface area (Å²) in [5.41, 5.74) is 0.292. The molecule has 1 aliphatic rings. The number of rotatable bonds is 4. The summed E-state index contributed by atoms with van der Waals surface area (Å²) >= 11 is 0. The summed E-state index contributed by atoms with van der Waals surface area (Å²) in [4.78, 5) is 28.6. The van der Waals surface area contributed by atoms with Crippen molar-refractivity contribution in [3.63, 3.8) is 0 Å². The summed E-state index contributed by atoms with van der Waals surface area (Å²) < 4.78 is 37.3. The van der Waals surface area contributed by atoms with Crippen LogP contribution in [-0.4, -0.2) is 53.1 Å². The first-order chi connectivity index (χ1) is 10.6. The van der Waals surface area contributed by atoms with Crippen molar-refractivity contribution in [1.82, 2.24) is 9.88 Å². The molecular weight excluding hydrogens is 317 g/mol. The number of hydrogen-bond donors (Lipinski definition) is 0. The van der Waals surface area contributed by atoms with Crippen LogP contribution in [0.4, 0.5) is 24.7 Å². The van der Waals surface area contributed by atoms with Gasteiger partial charge < -0.3 is 9.80 Å². The van der Waals surface area contributed by atoms with E-state index in [0.29, 0.717) is 10.5 Å². The molecule has 1 aromatic heterocycles. The molecule has 7 nitrogen and oxygen atoms in total. The summed E-state index contributed by atoms with van der Waals surface area (Å²) in [6.45, 7) is 0.266. The van der Waals surface area contributed by atoms with Crippen LogP contribution in [0.3, 0.4) is 0 Å². The number of nitrogens with zero attached hydrogens (tertiary/aromatic N) is 4. The number of likely N-dealkylation sites (tertiary alicyclic amines) is 1. The third-order valence-electron chi connectivity index (χ3n) is 3.62. The predicted molar refractivity (Wildman–Crippen MR) is 75.1 cm³/mol. The Labute approximate surface area is 129 Å². The smallest absolute Gasteiger partial charge is 0.342 e. The quantitative estimate of drug-likeness (QED) is 0.621. The fourth-order valence-corrected chi connectivity index (χ4v) is 2.56. The van der Waals surface area contributed by atoms with Crippen LogP contribution in [0.15, 0.2) is 12.3 Å². The van der Waals surface area contributed by atoms with E-state index in [1.54, 1.807) is 6.92 Å². The van der Waals surface area contributed by atoms with E-state index in [1.165, 1.54) is 24.2 Å². The topological polar surface area (TPSA) is 79.6 Å². The molecule has 0 radical (unpaired) electrons. The van der Waals surface area contributed by atoms with Gasteiger partial charge in [-0.2, -0.15) is 13.2 Å². The summed E-state index contributed by atoms with van der Waals surface area (Å²) in [5.74, 6) is -0.741. The number of nitro groups is 1. The van der Waals surface area contributed by atoms with Crippen molar-refractivity contribution < 1.29 is 22.9 Å². The second-order valence-electron chi connectivity index (χ2n) is 5.40. The largest absolute Gasteiger partial charge is 0.406 e.